The highest BCUT2D eigenvalue weighted by molar-refractivity contribution is 7.92. The van der Waals surface area contributed by atoms with Crippen molar-refractivity contribution in [3.8, 4) is 0 Å². The molecule has 1 N–H and O–H groups in total. The number of benzene rings is 2. The van der Waals surface area contributed by atoms with E-state index >= 15 is 0 Å². The molecular weight excluding hydrogens is 353 g/mol. The van der Waals surface area contributed by atoms with Crippen molar-refractivity contribution in [1.82, 2.24) is 0 Å². The largest absolute Gasteiger partial charge is 0.280 e. The second kappa shape index (κ2) is 6.34. The van der Waals surface area contributed by atoms with Crippen LogP contribution in [0.2, 0.25) is 10.0 Å². The Bertz CT molecular complexity index is 840. The van der Waals surface area contributed by atoms with Crippen LogP contribution in [0.4, 0.5) is 5.69 Å². The lowest BCUT2D eigenvalue weighted by Crippen LogP contribution is -2.16. The Balaban J connectivity index is 2.36. The van der Waals surface area contributed by atoms with Crippen molar-refractivity contribution in [3.63, 3.8) is 0 Å². The van der Waals surface area contributed by atoms with Crippen molar-refractivity contribution in [3.05, 3.63) is 57.6 Å². The summed E-state index contributed by atoms with van der Waals surface area (Å²) in [7, 11) is -3.77. The fourth-order valence-electron chi connectivity index (χ4n) is 2.47. The SMILES string of the molecule is Cc1cc(NS(=O)(=O)c2ccc(Cl)cc2Cl)ccc1C(C)(C)C. The maximum Gasteiger partial charge on any atom is 0.263 e. The maximum atomic E-state index is 12.5. The van der Waals surface area contributed by atoms with Gasteiger partial charge in [-0.05, 0) is 53.8 Å². The monoisotopic (exact) mass is 371 g/mol. The van der Waals surface area contributed by atoms with Gasteiger partial charge in [-0.3, -0.25) is 4.72 Å². The molecule has 0 aliphatic rings. The van der Waals surface area contributed by atoms with Crippen molar-refractivity contribution in [2.75, 3.05) is 4.72 Å². The first kappa shape index (κ1) is 18.1. The van der Waals surface area contributed by atoms with Gasteiger partial charge in [0, 0.05) is 10.7 Å². The van der Waals surface area contributed by atoms with E-state index in [0.29, 0.717) is 10.7 Å². The molecule has 6 heteroatoms. The van der Waals surface area contributed by atoms with Crippen LogP contribution in [0, 0.1) is 6.92 Å². The number of aryl methyl sites for hydroxylation is 1. The van der Waals surface area contributed by atoms with Gasteiger partial charge >= 0.3 is 0 Å². The zero-order valence-corrected chi connectivity index (χ0v) is 15.8. The van der Waals surface area contributed by atoms with Crippen LogP contribution >= 0.6 is 23.2 Å². The van der Waals surface area contributed by atoms with E-state index in [-0.39, 0.29) is 15.3 Å². The van der Waals surface area contributed by atoms with Crippen molar-refractivity contribution in [2.45, 2.75) is 38.0 Å². The van der Waals surface area contributed by atoms with Gasteiger partial charge in [0.05, 0.1) is 5.02 Å². The molecule has 0 fully saturated rings. The number of rotatable bonds is 3. The summed E-state index contributed by atoms with van der Waals surface area (Å²) < 4.78 is 27.5. The molecule has 0 aliphatic heterocycles. The molecule has 0 atom stereocenters. The molecule has 0 saturated carbocycles. The van der Waals surface area contributed by atoms with Gasteiger partial charge in [-0.15, -0.1) is 0 Å². The van der Waals surface area contributed by atoms with E-state index in [4.69, 9.17) is 23.2 Å². The van der Waals surface area contributed by atoms with Crippen LogP contribution in [0.25, 0.3) is 0 Å². The lowest BCUT2D eigenvalue weighted by Gasteiger charge is -2.22. The summed E-state index contributed by atoms with van der Waals surface area (Å²) in [6, 6.07) is 9.82. The molecule has 0 unspecified atom stereocenters. The predicted molar refractivity (Wildman–Crippen MR) is 97.1 cm³/mol. The third-order valence-electron chi connectivity index (χ3n) is 3.47. The minimum absolute atomic E-state index is 0.000968. The minimum atomic E-state index is -3.77. The quantitative estimate of drug-likeness (QED) is 0.784. The van der Waals surface area contributed by atoms with Gasteiger partial charge in [-0.1, -0.05) is 50.0 Å². The summed E-state index contributed by atoms with van der Waals surface area (Å²) >= 11 is 11.8. The fourth-order valence-corrected chi connectivity index (χ4v) is 4.30. The number of hydrogen-bond acceptors (Lipinski definition) is 2. The first-order valence-electron chi connectivity index (χ1n) is 7.10. The van der Waals surface area contributed by atoms with Gasteiger partial charge in [0.1, 0.15) is 4.90 Å². The predicted octanol–water partition coefficient (Wildman–Crippen LogP) is 5.40. The van der Waals surface area contributed by atoms with Gasteiger partial charge in [-0.25, -0.2) is 8.42 Å². The van der Waals surface area contributed by atoms with Gasteiger partial charge in [0.15, 0.2) is 0 Å². The van der Waals surface area contributed by atoms with E-state index in [9.17, 15) is 8.42 Å². The summed E-state index contributed by atoms with van der Waals surface area (Å²) in [5.74, 6) is 0. The van der Waals surface area contributed by atoms with Gasteiger partial charge in [-0.2, -0.15) is 0 Å². The Morgan fingerprint density at radius 3 is 2.17 bits per heavy atom. The molecule has 23 heavy (non-hydrogen) atoms. The summed E-state index contributed by atoms with van der Waals surface area (Å²) in [6.45, 7) is 8.32. The molecule has 2 aromatic carbocycles. The van der Waals surface area contributed by atoms with E-state index in [1.54, 1.807) is 6.07 Å². The summed E-state index contributed by atoms with van der Waals surface area (Å²) in [6.07, 6.45) is 0. The number of nitrogens with one attached hydrogen (secondary N) is 1. The lowest BCUT2D eigenvalue weighted by molar-refractivity contribution is 0.586. The van der Waals surface area contributed by atoms with E-state index in [1.807, 2.05) is 19.1 Å². The van der Waals surface area contributed by atoms with E-state index in [0.717, 1.165) is 5.56 Å². The Labute approximate surface area is 147 Å². The topological polar surface area (TPSA) is 46.2 Å². The molecule has 0 bridgehead atoms. The average Bonchev–Trinajstić information content (AvgIpc) is 2.35. The summed E-state index contributed by atoms with van der Waals surface area (Å²) in [5.41, 5.74) is 2.70. The molecule has 0 amide bonds. The molecule has 0 aliphatic carbocycles. The first-order chi connectivity index (χ1) is 10.5. The molecule has 124 valence electrons. The molecule has 2 rings (SSSR count). The highest BCUT2D eigenvalue weighted by atomic mass is 35.5. The van der Waals surface area contributed by atoms with Crippen molar-refractivity contribution in [2.24, 2.45) is 0 Å². The second-order valence-electron chi connectivity index (χ2n) is 6.46. The average molecular weight is 372 g/mol. The lowest BCUT2D eigenvalue weighted by atomic mass is 9.84. The molecule has 0 spiro atoms. The van der Waals surface area contributed by atoms with Crippen LogP contribution in [0.1, 0.15) is 31.9 Å². The van der Waals surface area contributed by atoms with Crippen LogP contribution in [0.15, 0.2) is 41.3 Å². The highest BCUT2D eigenvalue weighted by Gasteiger charge is 2.20. The van der Waals surface area contributed by atoms with Crippen molar-refractivity contribution in [1.29, 1.82) is 0 Å². The molecule has 0 saturated heterocycles. The van der Waals surface area contributed by atoms with Crippen molar-refractivity contribution >= 4 is 38.9 Å². The zero-order chi connectivity index (χ0) is 17.4. The van der Waals surface area contributed by atoms with Gasteiger partial charge in [0.2, 0.25) is 0 Å². The van der Waals surface area contributed by atoms with Crippen LogP contribution < -0.4 is 4.72 Å². The summed E-state index contributed by atoms with van der Waals surface area (Å²) in [4.78, 5) is 0.00103. The molecule has 2 aromatic rings. The summed E-state index contributed by atoms with van der Waals surface area (Å²) in [5, 5.41) is 0.479. The normalized spacial score (nSPS) is 12.3. The highest BCUT2D eigenvalue weighted by Crippen LogP contribution is 2.30. The number of halogens is 2. The zero-order valence-electron chi connectivity index (χ0n) is 13.4. The first-order valence-corrected chi connectivity index (χ1v) is 9.33. The van der Waals surface area contributed by atoms with Gasteiger partial charge < -0.3 is 0 Å². The molecular formula is C17H19Cl2NO2S. The smallest absolute Gasteiger partial charge is 0.263 e. The van der Waals surface area contributed by atoms with Gasteiger partial charge in [0.25, 0.3) is 10.0 Å². The molecule has 0 heterocycles. The standard InChI is InChI=1S/C17H19Cl2NO2S/c1-11-9-13(6-7-14(11)17(2,3)4)20-23(21,22)16-8-5-12(18)10-15(16)19/h5-10,20H,1-4H3. The maximum absolute atomic E-state index is 12.5. The van der Waals surface area contributed by atoms with Crippen LogP contribution in [-0.4, -0.2) is 8.42 Å². The van der Waals surface area contributed by atoms with E-state index in [2.05, 4.69) is 25.5 Å². The van der Waals surface area contributed by atoms with Crippen LogP contribution in [0.3, 0.4) is 0 Å². The molecule has 3 nitrogen and oxygen atoms in total. The van der Waals surface area contributed by atoms with E-state index in [1.165, 1.54) is 23.8 Å². The fraction of sp³-hybridized carbons (Fsp3) is 0.294. The number of anilines is 1. The van der Waals surface area contributed by atoms with Crippen molar-refractivity contribution < 1.29 is 8.42 Å². The van der Waals surface area contributed by atoms with E-state index < -0.39 is 10.0 Å². The number of hydrogen-bond donors (Lipinski definition) is 1. The Kier molecular flexibility index (Phi) is 5.00. The van der Waals surface area contributed by atoms with Crippen LogP contribution in [0.5, 0.6) is 0 Å². The third kappa shape index (κ3) is 4.19. The molecule has 0 aromatic heterocycles. The minimum Gasteiger partial charge on any atom is -0.280 e. The Morgan fingerprint density at radius 1 is 1.00 bits per heavy atom. The number of sulfonamides is 1. The second-order valence-corrected chi connectivity index (χ2v) is 8.95. The van der Waals surface area contributed by atoms with Crippen LogP contribution in [-0.2, 0) is 15.4 Å². The molecule has 0 radical (unpaired) electrons. The third-order valence-corrected chi connectivity index (χ3v) is 5.57. The Morgan fingerprint density at radius 2 is 1.65 bits per heavy atom. The Hall–Kier alpha value is -1.23.